The Morgan fingerprint density at radius 3 is 2.29 bits per heavy atom. The van der Waals surface area contributed by atoms with Crippen LogP contribution in [0.3, 0.4) is 0 Å². The average molecular weight is 394 g/mol. The SMILES string of the molecule is CC(C)(C)c1ccc(C(=O)NC(=S)N(CCC#N)CCc2ccccc2)cc1. The predicted molar refractivity (Wildman–Crippen MR) is 117 cm³/mol. The Balaban J connectivity index is 2.01. The highest BCUT2D eigenvalue weighted by atomic mass is 32.1. The third-order valence-electron chi connectivity index (χ3n) is 4.53. The lowest BCUT2D eigenvalue weighted by Gasteiger charge is -2.24. The lowest BCUT2D eigenvalue weighted by Crippen LogP contribution is -2.44. The van der Waals surface area contributed by atoms with E-state index in [-0.39, 0.29) is 11.3 Å². The van der Waals surface area contributed by atoms with Crippen LogP contribution in [0.15, 0.2) is 54.6 Å². The van der Waals surface area contributed by atoms with Crippen LogP contribution in [0.25, 0.3) is 0 Å². The monoisotopic (exact) mass is 393 g/mol. The molecule has 0 bridgehead atoms. The Kier molecular flexibility index (Phi) is 7.71. The van der Waals surface area contributed by atoms with E-state index < -0.39 is 0 Å². The zero-order valence-electron chi connectivity index (χ0n) is 16.7. The molecule has 0 aliphatic carbocycles. The summed E-state index contributed by atoms with van der Waals surface area (Å²) in [5.74, 6) is -0.230. The van der Waals surface area contributed by atoms with Crippen LogP contribution in [0.5, 0.6) is 0 Å². The highest BCUT2D eigenvalue weighted by molar-refractivity contribution is 7.80. The van der Waals surface area contributed by atoms with Gasteiger partial charge in [0.2, 0.25) is 0 Å². The maximum absolute atomic E-state index is 12.6. The van der Waals surface area contributed by atoms with Crippen LogP contribution in [0, 0.1) is 11.3 Å². The number of hydrogen-bond donors (Lipinski definition) is 1. The number of nitrogens with zero attached hydrogens (tertiary/aromatic N) is 2. The number of rotatable bonds is 6. The van der Waals surface area contributed by atoms with Crippen molar-refractivity contribution in [1.29, 1.82) is 5.26 Å². The molecule has 0 saturated carbocycles. The fraction of sp³-hybridized carbons (Fsp3) is 0.348. The summed E-state index contributed by atoms with van der Waals surface area (Å²) >= 11 is 5.45. The first-order valence-corrected chi connectivity index (χ1v) is 9.84. The van der Waals surface area contributed by atoms with Crippen LogP contribution in [0.1, 0.15) is 48.7 Å². The molecule has 0 atom stereocenters. The first-order valence-electron chi connectivity index (χ1n) is 9.43. The average Bonchev–Trinajstić information content (AvgIpc) is 2.68. The number of thiocarbonyl (C=S) groups is 1. The molecule has 0 fully saturated rings. The highest BCUT2D eigenvalue weighted by Crippen LogP contribution is 2.22. The van der Waals surface area contributed by atoms with Crippen molar-refractivity contribution in [2.24, 2.45) is 0 Å². The van der Waals surface area contributed by atoms with E-state index >= 15 is 0 Å². The molecule has 2 aromatic carbocycles. The molecule has 2 aromatic rings. The molecule has 0 aromatic heterocycles. The fourth-order valence-corrected chi connectivity index (χ4v) is 3.05. The molecular weight excluding hydrogens is 366 g/mol. The zero-order valence-corrected chi connectivity index (χ0v) is 17.6. The number of amides is 1. The van der Waals surface area contributed by atoms with Gasteiger partial charge in [0.1, 0.15) is 0 Å². The van der Waals surface area contributed by atoms with Crippen molar-refractivity contribution in [2.75, 3.05) is 13.1 Å². The van der Waals surface area contributed by atoms with E-state index in [9.17, 15) is 4.79 Å². The topological polar surface area (TPSA) is 56.1 Å². The van der Waals surface area contributed by atoms with Gasteiger partial charge in [-0.25, -0.2) is 0 Å². The molecule has 1 N–H and O–H groups in total. The maximum Gasteiger partial charge on any atom is 0.257 e. The summed E-state index contributed by atoms with van der Waals surface area (Å²) in [4.78, 5) is 14.5. The summed E-state index contributed by atoms with van der Waals surface area (Å²) in [7, 11) is 0. The second-order valence-electron chi connectivity index (χ2n) is 7.72. The van der Waals surface area contributed by atoms with Crippen LogP contribution in [0.4, 0.5) is 0 Å². The van der Waals surface area contributed by atoms with Crippen LogP contribution in [0.2, 0.25) is 0 Å². The smallest absolute Gasteiger partial charge is 0.257 e. The van der Waals surface area contributed by atoms with E-state index in [1.54, 1.807) is 0 Å². The van der Waals surface area contributed by atoms with E-state index in [0.717, 1.165) is 6.42 Å². The third kappa shape index (κ3) is 6.47. The van der Waals surface area contributed by atoms with Gasteiger partial charge in [0, 0.05) is 18.7 Å². The highest BCUT2D eigenvalue weighted by Gasteiger charge is 2.16. The Morgan fingerprint density at radius 2 is 1.71 bits per heavy atom. The van der Waals surface area contributed by atoms with Gasteiger partial charge in [-0.1, -0.05) is 63.2 Å². The molecule has 28 heavy (non-hydrogen) atoms. The third-order valence-corrected chi connectivity index (χ3v) is 4.89. The van der Waals surface area contributed by atoms with Gasteiger partial charge in [0.05, 0.1) is 12.5 Å². The molecule has 4 nitrogen and oxygen atoms in total. The van der Waals surface area contributed by atoms with E-state index in [0.29, 0.717) is 30.2 Å². The molecule has 146 valence electrons. The molecule has 0 radical (unpaired) electrons. The summed E-state index contributed by atoms with van der Waals surface area (Å²) in [6.07, 6.45) is 1.15. The molecule has 0 unspecified atom stereocenters. The fourth-order valence-electron chi connectivity index (χ4n) is 2.78. The number of hydrogen-bond acceptors (Lipinski definition) is 3. The number of nitrogens with one attached hydrogen (secondary N) is 1. The Hall–Kier alpha value is -2.71. The van der Waals surface area contributed by atoms with Gasteiger partial charge in [-0.15, -0.1) is 0 Å². The minimum atomic E-state index is -0.230. The van der Waals surface area contributed by atoms with E-state index in [4.69, 9.17) is 17.5 Å². The molecule has 0 heterocycles. The quantitative estimate of drug-likeness (QED) is 0.737. The van der Waals surface area contributed by atoms with Crippen LogP contribution >= 0.6 is 12.2 Å². The Bertz CT molecular complexity index is 833. The van der Waals surface area contributed by atoms with Crippen molar-refractivity contribution >= 4 is 23.2 Å². The summed E-state index contributed by atoms with van der Waals surface area (Å²) in [6.45, 7) is 7.55. The Labute approximate surface area is 173 Å². The summed E-state index contributed by atoms with van der Waals surface area (Å²) < 4.78 is 0. The van der Waals surface area contributed by atoms with Crippen LogP contribution in [-0.2, 0) is 11.8 Å². The first-order chi connectivity index (χ1) is 13.3. The van der Waals surface area contributed by atoms with Gasteiger partial charge in [0.25, 0.3) is 5.91 Å². The summed E-state index contributed by atoms with van der Waals surface area (Å²) in [5, 5.41) is 12.1. The van der Waals surface area contributed by atoms with Gasteiger partial charge in [-0.05, 0) is 47.3 Å². The molecule has 2 rings (SSSR count). The second kappa shape index (κ2) is 10.0. The standard InChI is InChI=1S/C23H27N3OS/c1-23(2,3)20-12-10-19(11-13-20)21(27)25-22(28)26(16-7-15-24)17-14-18-8-5-4-6-9-18/h4-6,8-13H,7,14,16-17H2,1-3H3,(H,25,27,28). The van der Waals surface area contributed by atoms with E-state index in [1.165, 1.54) is 11.1 Å². The van der Waals surface area contributed by atoms with Gasteiger partial charge in [-0.2, -0.15) is 5.26 Å². The molecule has 1 amide bonds. The van der Waals surface area contributed by atoms with E-state index in [1.807, 2.05) is 47.4 Å². The number of nitriles is 1. The van der Waals surface area contributed by atoms with Gasteiger partial charge >= 0.3 is 0 Å². The minimum Gasteiger partial charge on any atom is -0.348 e. The number of carbonyl (C=O) groups is 1. The van der Waals surface area contributed by atoms with Crippen molar-refractivity contribution in [2.45, 2.75) is 39.0 Å². The van der Waals surface area contributed by atoms with Crippen molar-refractivity contribution < 1.29 is 4.79 Å². The van der Waals surface area contributed by atoms with Gasteiger partial charge in [-0.3, -0.25) is 10.1 Å². The van der Waals surface area contributed by atoms with Gasteiger partial charge in [0.15, 0.2) is 5.11 Å². The molecule has 0 saturated heterocycles. The Morgan fingerprint density at radius 1 is 1.07 bits per heavy atom. The largest absolute Gasteiger partial charge is 0.348 e. The number of carbonyl (C=O) groups excluding carboxylic acids is 1. The van der Waals surface area contributed by atoms with Crippen molar-refractivity contribution in [1.82, 2.24) is 10.2 Å². The lowest BCUT2D eigenvalue weighted by molar-refractivity contribution is 0.0973. The minimum absolute atomic E-state index is 0.0375. The van der Waals surface area contributed by atoms with Crippen LogP contribution in [-0.4, -0.2) is 29.0 Å². The maximum atomic E-state index is 12.6. The predicted octanol–water partition coefficient (Wildman–Crippen LogP) is 4.46. The summed E-state index contributed by atoms with van der Waals surface area (Å²) in [5.41, 5.74) is 2.97. The van der Waals surface area contributed by atoms with Crippen LogP contribution < -0.4 is 5.32 Å². The number of benzene rings is 2. The molecule has 0 spiro atoms. The van der Waals surface area contributed by atoms with E-state index in [2.05, 4.69) is 44.3 Å². The molecule has 5 heteroatoms. The molecule has 0 aliphatic heterocycles. The molecular formula is C23H27N3OS. The van der Waals surface area contributed by atoms with Crippen molar-refractivity contribution in [3.63, 3.8) is 0 Å². The van der Waals surface area contributed by atoms with Gasteiger partial charge < -0.3 is 4.90 Å². The van der Waals surface area contributed by atoms with Crippen molar-refractivity contribution in [3.8, 4) is 6.07 Å². The first kappa shape index (κ1) is 21.6. The molecule has 0 aliphatic rings. The van der Waals surface area contributed by atoms with Crippen molar-refractivity contribution in [3.05, 3.63) is 71.3 Å². The zero-order chi connectivity index (χ0) is 20.6. The normalized spacial score (nSPS) is 10.8. The second-order valence-corrected chi connectivity index (χ2v) is 8.10. The summed E-state index contributed by atoms with van der Waals surface area (Å²) in [6, 6.07) is 19.8. The lowest BCUT2D eigenvalue weighted by atomic mass is 9.87.